The predicted molar refractivity (Wildman–Crippen MR) is 93.2 cm³/mol. The lowest BCUT2D eigenvalue weighted by molar-refractivity contribution is -0.150. The second-order valence-corrected chi connectivity index (χ2v) is 7.51. The molecule has 4 bridgehead atoms. The number of nitrogens with zero attached hydrogens (tertiary/aromatic N) is 1. The highest BCUT2D eigenvalue weighted by Gasteiger charge is 2.59. The highest BCUT2D eigenvalue weighted by atomic mass is 16.4. The minimum absolute atomic E-state index is 0.000637. The van der Waals surface area contributed by atoms with Crippen LogP contribution >= 0.6 is 0 Å². The topological polar surface area (TPSA) is 56.3 Å². The summed E-state index contributed by atoms with van der Waals surface area (Å²) < 4.78 is 0. The summed E-state index contributed by atoms with van der Waals surface area (Å²) in [5, 5.41) is 11.6. The van der Waals surface area contributed by atoms with E-state index >= 15 is 0 Å². The molecule has 0 spiro atoms. The minimum Gasteiger partial charge on any atom is -0.480 e. The molecule has 24 heavy (non-hydrogen) atoms. The lowest BCUT2D eigenvalue weighted by atomic mass is 9.60. The standard InChI is InChI=1S/C20H22N2O2/c1-2-13-9-12-10-20(19(23)24)17-15(7-8-22(11-12)18(13)20)14-5-3-4-6-16(14)21-17/h3-6,9,12,18,21H,2,7-8,10-11H2,1H3,(H,23,24)/t12-,18-,20+/m1/s1. The second kappa shape index (κ2) is 4.73. The quantitative estimate of drug-likeness (QED) is 0.836. The average molecular weight is 322 g/mol. The van der Waals surface area contributed by atoms with Crippen molar-refractivity contribution in [1.82, 2.24) is 9.88 Å². The number of hydrogen-bond acceptors (Lipinski definition) is 2. The number of carboxylic acids is 1. The van der Waals surface area contributed by atoms with Crippen LogP contribution in [0, 0.1) is 5.92 Å². The van der Waals surface area contributed by atoms with Gasteiger partial charge in [0.15, 0.2) is 0 Å². The number of aromatic nitrogens is 1. The molecule has 1 fully saturated rings. The van der Waals surface area contributed by atoms with Gasteiger partial charge in [-0.05, 0) is 36.8 Å². The fourth-order valence-corrected chi connectivity index (χ4v) is 5.54. The number of para-hydroxylation sites is 1. The van der Waals surface area contributed by atoms with Crippen molar-refractivity contribution in [3.63, 3.8) is 0 Å². The third-order valence-corrected chi connectivity index (χ3v) is 6.38. The molecular formula is C20H22N2O2. The van der Waals surface area contributed by atoms with Crippen molar-refractivity contribution in [1.29, 1.82) is 0 Å². The molecule has 1 aliphatic carbocycles. The molecule has 1 unspecified atom stereocenters. The SMILES string of the molecule is CCC1=C[C@H]2CN3CCc4c([nH]c5ccccc45)[C@@](C(=O)O)(C2)[C@@H]13. The highest BCUT2D eigenvalue weighted by Crippen LogP contribution is 2.52. The van der Waals surface area contributed by atoms with E-state index in [4.69, 9.17) is 0 Å². The molecule has 2 aromatic rings. The number of benzene rings is 1. The van der Waals surface area contributed by atoms with Crippen LogP contribution in [0.3, 0.4) is 0 Å². The number of aliphatic carboxylic acids is 1. The van der Waals surface area contributed by atoms with E-state index < -0.39 is 11.4 Å². The third kappa shape index (κ3) is 1.59. The average Bonchev–Trinajstić information content (AvgIpc) is 2.94. The first-order chi connectivity index (χ1) is 11.6. The Bertz CT molecular complexity index is 881. The summed E-state index contributed by atoms with van der Waals surface area (Å²) in [6, 6.07) is 8.25. The monoisotopic (exact) mass is 322 g/mol. The number of fused-ring (bicyclic) bond motifs is 3. The van der Waals surface area contributed by atoms with Gasteiger partial charge in [-0.2, -0.15) is 0 Å². The van der Waals surface area contributed by atoms with E-state index in [1.807, 2.05) is 12.1 Å². The fraction of sp³-hybridized carbons (Fsp3) is 0.450. The molecule has 0 saturated carbocycles. The Morgan fingerprint density at radius 2 is 2.25 bits per heavy atom. The minimum atomic E-state index is -0.826. The van der Waals surface area contributed by atoms with Gasteiger partial charge in [-0.25, -0.2) is 0 Å². The van der Waals surface area contributed by atoms with Crippen molar-refractivity contribution in [2.45, 2.75) is 37.6 Å². The van der Waals surface area contributed by atoms with Crippen LogP contribution in [0.15, 0.2) is 35.9 Å². The Balaban J connectivity index is 1.84. The van der Waals surface area contributed by atoms with E-state index in [1.165, 1.54) is 16.5 Å². The van der Waals surface area contributed by atoms with Gasteiger partial charge >= 0.3 is 5.97 Å². The zero-order valence-corrected chi connectivity index (χ0v) is 13.9. The first kappa shape index (κ1) is 14.3. The Morgan fingerprint density at radius 3 is 3.04 bits per heavy atom. The molecule has 4 nitrogen and oxygen atoms in total. The zero-order chi connectivity index (χ0) is 16.5. The maximum Gasteiger partial charge on any atom is 0.317 e. The zero-order valence-electron chi connectivity index (χ0n) is 13.9. The van der Waals surface area contributed by atoms with E-state index in [0.29, 0.717) is 12.3 Å². The van der Waals surface area contributed by atoms with Gasteiger partial charge in [0.05, 0.1) is 6.04 Å². The smallest absolute Gasteiger partial charge is 0.317 e. The van der Waals surface area contributed by atoms with Crippen LogP contribution in [-0.4, -0.2) is 40.1 Å². The molecule has 1 aromatic carbocycles. The Hall–Kier alpha value is -2.07. The van der Waals surface area contributed by atoms with Crippen molar-refractivity contribution < 1.29 is 9.90 Å². The summed E-state index contributed by atoms with van der Waals surface area (Å²) >= 11 is 0. The molecule has 4 heterocycles. The van der Waals surface area contributed by atoms with E-state index in [2.05, 4.69) is 35.0 Å². The van der Waals surface area contributed by atoms with Gasteiger partial charge in [0.1, 0.15) is 5.41 Å². The van der Waals surface area contributed by atoms with E-state index in [1.54, 1.807) is 0 Å². The predicted octanol–water partition coefficient (Wildman–Crippen LogP) is 3.09. The Morgan fingerprint density at radius 1 is 1.42 bits per heavy atom. The molecule has 124 valence electrons. The van der Waals surface area contributed by atoms with Crippen molar-refractivity contribution in [2.24, 2.45) is 5.92 Å². The molecule has 4 atom stereocenters. The number of rotatable bonds is 2. The molecule has 0 radical (unpaired) electrons. The molecule has 1 saturated heterocycles. The van der Waals surface area contributed by atoms with Crippen LogP contribution in [0.1, 0.15) is 31.0 Å². The first-order valence-electron chi connectivity index (χ1n) is 8.93. The molecule has 4 aliphatic rings. The van der Waals surface area contributed by atoms with Crippen molar-refractivity contribution in [3.05, 3.63) is 47.2 Å². The summed E-state index contributed by atoms with van der Waals surface area (Å²) in [5.74, 6) is -0.325. The number of H-pyrrole nitrogens is 1. The third-order valence-electron chi connectivity index (χ3n) is 6.38. The fourth-order valence-electron chi connectivity index (χ4n) is 5.54. The summed E-state index contributed by atoms with van der Waals surface area (Å²) in [7, 11) is 0. The van der Waals surface area contributed by atoms with Crippen molar-refractivity contribution >= 4 is 16.9 Å². The summed E-state index contributed by atoms with van der Waals surface area (Å²) in [6.45, 7) is 4.11. The van der Waals surface area contributed by atoms with Gasteiger partial charge in [-0.15, -0.1) is 0 Å². The van der Waals surface area contributed by atoms with Gasteiger partial charge < -0.3 is 10.1 Å². The van der Waals surface area contributed by atoms with Crippen LogP contribution in [0.2, 0.25) is 0 Å². The van der Waals surface area contributed by atoms with Crippen molar-refractivity contribution in [3.8, 4) is 0 Å². The first-order valence-corrected chi connectivity index (χ1v) is 8.93. The summed E-state index contributed by atoms with van der Waals surface area (Å²) in [6.07, 6.45) is 4.93. The molecular weight excluding hydrogens is 300 g/mol. The Kier molecular flexibility index (Phi) is 2.82. The largest absolute Gasteiger partial charge is 0.480 e. The van der Waals surface area contributed by atoms with Crippen LogP contribution in [0.4, 0.5) is 0 Å². The van der Waals surface area contributed by atoms with Gasteiger partial charge in [0, 0.05) is 29.7 Å². The van der Waals surface area contributed by atoms with E-state index in [9.17, 15) is 9.90 Å². The van der Waals surface area contributed by atoms with Crippen LogP contribution in [0.5, 0.6) is 0 Å². The molecule has 4 heteroatoms. The van der Waals surface area contributed by atoms with Crippen LogP contribution in [-0.2, 0) is 16.6 Å². The van der Waals surface area contributed by atoms with E-state index in [-0.39, 0.29) is 6.04 Å². The number of piperidine rings is 1. The lowest BCUT2D eigenvalue weighted by Gasteiger charge is -2.53. The number of aromatic amines is 1. The molecule has 3 aliphatic heterocycles. The number of nitrogens with one attached hydrogen (secondary N) is 1. The number of carbonyl (C=O) groups is 1. The number of hydrogen-bond donors (Lipinski definition) is 2. The normalized spacial score (nSPS) is 33.9. The lowest BCUT2D eigenvalue weighted by Crippen LogP contribution is -2.63. The van der Waals surface area contributed by atoms with Crippen LogP contribution < -0.4 is 0 Å². The Labute approximate surface area is 141 Å². The number of carboxylic acid groups (broad SMARTS) is 1. The van der Waals surface area contributed by atoms with Crippen LogP contribution in [0.25, 0.3) is 10.9 Å². The second-order valence-electron chi connectivity index (χ2n) is 7.51. The van der Waals surface area contributed by atoms with Crippen molar-refractivity contribution in [2.75, 3.05) is 13.1 Å². The maximum atomic E-state index is 12.7. The summed E-state index contributed by atoms with van der Waals surface area (Å²) in [4.78, 5) is 18.6. The molecule has 6 rings (SSSR count). The van der Waals surface area contributed by atoms with Gasteiger partial charge in [-0.1, -0.05) is 36.8 Å². The molecule has 0 amide bonds. The molecule has 1 aromatic heterocycles. The van der Waals surface area contributed by atoms with Gasteiger partial charge in [0.2, 0.25) is 0 Å². The maximum absolute atomic E-state index is 12.7. The molecule has 2 N–H and O–H groups in total. The van der Waals surface area contributed by atoms with Gasteiger partial charge in [-0.3, -0.25) is 9.69 Å². The summed E-state index contributed by atoms with van der Waals surface area (Å²) in [5.41, 5.74) is 3.74. The van der Waals surface area contributed by atoms with E-state index in [0.717, 1.165) is 37.1 Å². The van der Waals surface area contributed by atoms with Gasteiger partial charge in [0.25, 0.3) is 0 Å². The highest BCUT2D eigenvalue weighted by molar-refractivity contribution is 5.91.